The number of fused-ring (bicyclic) bond motifs is 1. The Morgan fingerprint density at radius 2 is 1.83 bits per heavy atom. The highest BCUT2D eigenvalue weighted by Crippen LogP contribution is 2.23. The number of aromatic nitrogens is 4. The predicted octanol–water partition coefficient (Wildman–Crippen LogP) is 1.69. The summed E-state index contributed by atoms with van der Waals surface area (Å²) in [6.45, 7) is 0. The van der Waals surface area contributed by atoms with E-state index in [4.69, 9.17) is 9.47 Å². The number of hydrogen-bond donors (Lipinski definition) is 1. The fourth-order valence-corrected chi connectivity index (χ4v) is 1.99. The Balaban J connectivity index is 1.88. The van der Waals surface area contributed by atoms with E-state index in [2.05, 4.69) is 25.3 Å². The minimum Gasteiger partial charge on any atom is -0.479 e. The van der Waals surface area contributed by atoms with Gasteiger partial charge in [0.05, 0.1) is 31.4 Å². The zero-order valence-corrected chi connectivity index (χ0v) is 12.5. The Bertz CT molecular complexity index is 869. The van der Waals surface area contributed by atoms with E-state index >= 15 is 0 Å². The van der Waals surface area contributed by atoms with Crippen molar-refractivity contribution in [3.8, 4) is 11.9 Å². The molecular formula is C15H13N5O3. The monoisotopic (exact) mass is 311 g/mol. The number of benzene rings is 1. The van der Waals surface area contributed by atoms with Gasteiger partial charge in [-0.25, -0.2) is 4.98 Å². The molecule has 0 aliphatic heterocycles. The van der Waals surface area contributed by atoms with Gasteiger partial charge in [-0.1, -0.05) is 0 Å². The lowest BCUT2D eigenvalue weighted by Gasteiger charge is -2.09. The normalized spacial score (nSPS) is 10.3. The number of carbonyl (C=O) groups excluding carboxylic acids is 1. The van der Waals surface area contributed by atoms with Gasteiger partial charge in [0.1, 0.15) is 5.69 Å². The van der Waals surface area contributed by atoms with Gasteiger partial charge in [0, 0.05) is 18.0 Å². The van der Waals surface area contributed by atoms with Gasteiger partial charge in [-0.15, -0.1) is 0 Å². The van der Waals surface area contributed by atoms with Crippen molar-refractivity contribution >= 4 is 22.6 Å². The van der Waals surface area contributed by atoms with E-state index in [1.165, 1.54) is 20.4 Å². The van der Waals surface area contributed by atoms with Crippen molar-refractivity contribution in [1.29, 1.82) is 0 Å². The van der Waals surface area contributed by atoms with Crippen molar-refractivity contribution in [3.63, 3.8) is 0 Å². The Hall–Kier alpha value is -3.29. The van der Waals surface area contributed by atoms with Crippen LogP contribution in [0.4, 0.5) is 5.69 Å². The SMILES string of the molecule is COc1ncc(NC(=O)c2ccc3nccnc3c2)c(OC)n1. The Kier molecular flexibility index (Phi) is 3.96. The lowest BCUT2D eigenvalue weighted by atomic mass is 10.2. The van der Waals surface area contributed by atoms with E-state index in [9.17, 15) is 4.79 Å². The molecule has 0 saturated carbocycles. The van der Waals surface area contributed by atoms with Crippen molar-refractivity contribution in [2.45, 2.75) is 0 Å². The zero-order valence-electron chi connectivity index (χ0n) is 12.5. The molecule has 0 aliphatic rings. The highest BCUT2D eigenvalue weighted by Gasteiger charge is 2.13. The maximum Gasteiger partial charge on any atom is 0.319 e. The summed E-state index contributed by atoms with van der Waals surface area (Å²) in [4.78, 5) is 28.7. The van der Waals surface area contributed by atoms with Crippen molar-refractivity contribution in [1.82, 2.24) is 19.9 Å². The van der Waals surface area contributed by atoms with Crippen LogP contribution in [0.3, 0.4) is 0 Å². The molecule has 8 heteroatoms. The first-order valence-corrected chi connectivity index (χ1v) is 6.68. The molecule has 0 bridgehead atoms. The Labute approximate surface area is 131 Å². The summed E-state index contributed by atoms with van der Waals surface area (Å²) >= 11 is 0. The number of nitrogens with zero attached hydrogens (tertiary/aromatic N) is 4. The molecule has 0 saturated heterocycles. The van der Waals surface area contributed by atoms with E-state index < -0.39 is 0 Å². The van der Waals surface area contributed by atoms with Crippen molar-refractivity contribution < 1.29 is 14.3 Å². The van der Waals surface area contributed by atoms with E-state index in [1.54, 1.807) is 30.6 Å². The van der Waals surface area contributed by atoms with E-state index in [0.717, 1.165) is 5.52 Å². The van der Waals surface area contributed by atoms with Crippen LogP contribution in [0.15, 0.2) is 36.8 Å². The van der Waals surface area contributed by atoms with Crippen LogP contribution in [-0.4, -0.2) is 40.1 Å². The van der Waals surface area contributed by atoms with Gasteiger partial charge >= 0.3 is 6.01 Å². The fourth-order valence-electron chi connectivity index (χ4n) is 1.99. The summed E-state index contributed by atoms with van der Waals surface area (Å²) in [5.41, 5.74) is 2.14. The van der Waals surface area contributed by atoms with Gasteiger partial charge in [0.15, 0.2) is 0 Å². The number of carbonyl (C=O) groups is 1. The summed E-state index contributed by atoms with van der Waals surface area (Å²) in [5.74, 6) is -0.115. The number of anilines is 1. The smallest absolute Gasteiger partial charge is 0.319 e. The third-order valence-electron chi connectivity index (χ3n) is 3.09. The number of methoxy groups -OCH3 is 2. The minimum atomic E-state index is -0.329. The summed E-state index contributed by atoms with van der Waals surface area (Å²) in [7, 11) is 2.90. The summed E-state index contributed by atoms with van der Waals surface area (Å²) < 4.78 is 10.0. The van der Waals surface area contributed by atoms with Crippen LogP contribution >= 0.6 is 0 Å². The highest BCUT2D eigenvalue weighted by molar-refractivity contribution is 6.06. The standard InChI is InChI=1S/C15H13N5O3/c1-22-14-12(8-18-15(20-14)23-2)19-13(21)9-3-4-10-11(7-9)17-6-5-16-10/h3-8H,1-2H3,(H,19,21). The van der Waals surface area contributed by atoms with E-state index in [-0.39, 0.29) is 17.8 Å². The Morgan fingerprint density at radius 1 is 1.04 bits per heavy atom. The first-order valence-electron chi connectivity index (χ1n) is 6.68. The molecule has 0 atom stereocenters. The fraction of sp³-hybridized carbons (Fsp3) is 0.133. The number of nitrogens with one attached hydrogen (secondary N) is 1. The van der Waals surface area contributed by atoms with Crippen LogP contribution in [0.1, 0.15) is 10.4 Å². The predicted molar refractivity (Wildman–Crippen MR) is 82.6 cm³/mol. The lowest BCUT2D eigenvalue weighted by molar-refractivity contribution is 0.102. The van der Waals surface area contributed by atoms with Crippen molar-refractivity contribution in [3.05, 3.63) is 42.4 Å². The third kappa shape index (κ3) is 3.00. The number of ether oxygens (including phenoxy) is 2. The molecule has 2 heterocycles. The number of rotatable bonds is 4. The second kappa shape index (κ2) is 6.22. The quantitative estimate of drug-likeness (QED) is 0.782. The van der Waals surface area contributed by atoms with E-state index in [1.807, 2.05) is 0 Å². The maximum atomic E-state index is 12.4. The molecule has 1 aromatic carbocycles. The lowest BCUT2D eigenvalue weighted by Crippen LogP contribution is -2.13. The van der Waals surface area contributed by atoms with Gasteiger partial charge in [-0.2, -0.15) is 4.98 Å². The largest absolute Gasteiger partial charge is 0.479 e. The summed E-state index contributed by atoms with van der Waals surface area (Å²) in [6, 6.07) is 5.22. The third-order valence-corrected chi connectivity index (χ3v) is 3.09. The summed E-state index contributed by atoms with van der Waals surface area (Å²) in [5, 5.41) is 2.70. The molecule has 8 nitrogen and oxygen atoms in total. The average Bonchev–Trinajstić information content (AvgIpc) is 2.61. The van der Waals surface area contributed by atoms with Crippen molar-refractivity contribution in [2.24, 2.45) is 0 Å². The molecule has 3 aromatic rings. The maximum absolute atomic E-state index is 12.4. The van der Waals surface area contributed by atoms with Gasteiger partial charge in [-0.3, -0.25) is 14.8 Å². The molecule has 116 valence electrons. The molecule has 0 aliphatic carbocycles. The van der Waals surface area contributed by atoms with Crippen LogP contribution in [-0.2, 0) is 0 Å². The number of amides is 1. The minimum absolute atomic E-state index is 0.154. The summed E-state index contributed by atoms with van der Waals surface area (Å²) in [6.07, 6.45) is 4.59. The number of hydrogen-bond acceptors (Lipinski definition) is 7. The molecular weight excluding hydrogens is 298 g/mol. The molecule has 0 unspecified atom stereocenters. The average molecular weight is 311 g/mol. The molecule has 23 heavy (non-hydrogen) atoms. The van der Waals surface area contributed by atoms with Crippen molar-refractivity contribution in [2.75, 3.05) is 19.5 Å². The van der Waals surface area contributed by atoms with Crippen LogP contribution in [0.25, 0.3) is 11.0 Å². The van der Waals surface area contributed by atoms with Gasteiger partial charge < -0.3 is 14.8 Å². The van der Waals surface area contributed by atoms with Crippen LogP contribution < -0.4 is 14.8 Å². The highest BCUT2D eigenvalue weighted by atomic mass is 16.5. The molecule has 0 spiro atoms. The van der Waals surface area contributed by atoms with Crippen LogP contribution in [0, 0.1) is 0 Å². The Morgan fingerprint density at radius 3 is 2.57 bits per heavy atom. The molecule has 0 radical (unpaired) electrons. The molecule has 1 N–H and O–H groups in total. The van der Waals surface area contributed by atoms with Gasteiger partial charge in [0.25, 0.3) is 5.91 Å². The van der Waals surface area contributed by atoms with Crippen LogP contribution in [0.2, 0.25) is 0 Å². The van der Waals surface area contributed by atoms with Crippen LogP contribution in [0.5, 0.6) is 11.9 Å². The first-order chi connectivity index (χ1) is 11.2. The van der Waals surface area contributed by atoms with Gasteiger partial charge in [0.2, 0.25) is 5.88 Å². The molecule has 1 amide bonds. The first kappa shape index (κ1) is 14.6. The van der Waals surface area contributed by atoms with Gasteiger partial charge in [-0.05, 0) is 18.2 Å². The molecule has 2 aromatic heterocycles. The molecule has 3 rings (SSSR count). The van der Waals surface area contributed by atoms with E-state index in [0.29, 0.717) is 16.8 Å². The second-order valence-corrected chi connectivity index (χ2v) is 4.49. The zero-order chi connectivity index (χ0) is 16.2. The second-order valence-electron chi connectivity index (χ2n) is 4.49. The topological polar surface area (TPSA) is 99.1 Å². The molecule has 0 fully saturated rings.